The molecule has 0 radical (unpaired) electrons. The molecule has 2 aromatic rings. The molecule has 0 atom stereocenters. The number of hydrogen-bond acceptors (Lipinski definition) is 6. The van der Waals surface area contributed by atoms with Crippen molar-refractivity contribution in [2.75, 3.05) is 25.5 Å². The molecule has 0 bridgehead atoms. The van der Waals surface area contributed by atoms with E-state index in [0.717, 1.165) is 12.8 Å². The zero-order valence-electron chi connectivity index (χ0n) is 13.0. The summed E-state index contributed by atoms with van der Waals surface area (Å²) in [6, 6.07) is 3.82. The minimum Gasteiger partial charge on any atom is -0.478 e. The number of methoxy groups -OCH3 is 1. The number of aromatic nitrogens is 3. The van der Waals surface area contributed by atoms with E-state index in [4.69, 9.17) is 4.74 Å². The van der Waals surface area contributed by atoms with Crippen molar-refractivity contribution in [3.05, 3.63) is 42.5 Å². The number of pyridine rings is 1. The van der Waals surface area contributed by atoms with E-state index in [2.05, 4.69) is 20.3 Å². The summed E-state index contributed by atoms with van der Waals surface area (Å²) in [5.41, 5.74) is 0.634. The van der Waals surface area contributed by atoms with Crippen molar-refractivity contribution in [1.29, 1.82) is 0 Å². The summed E-state index contributed by atoms with van der Waals surface area (Å²) in [4.78, 5) is 26.6. The van der Waals surface area contributed by atoms with Crippen LogP contribution in [-0.2, 0) is 0 Å². The molecule has 0 aromatic carbocycles. The number of amides is 1. The Kier molecular flexibility index (Phi) is 4.65. The van der Waals surface area contributed by atoms with Crippen LogP contribution in [-0.4, -0.2) is 52.0 Å². The van der Waals surface area contributed by atoms with E-state index in [1.807, 2.05) is 4.90 Å². The molecule has 120 valence electrons. The topological polar surface area (TPSA) is 80.2 Å². The zero-order chi connectivity index (χ0) is 16.1. The van der Waals surface area contributed by atoms with E-state index in [1.165, 1.54) is 0 Å². The second-order valence-corrected chi connectivity index (χ2v) is 5.37. The Morgan fingerprint density at radius 1 is 1.26 bits per heavy atom. The predicted molar refractivity (Wildman–Crippen MR) is 85.4 cm³/mol. The molecule has 1 saturated heterocycles. The normalized spacial score (nSPS) is 15.3. The van der Waals surface area contributed by atoms with Crippen molar-refractivity contribution in [3.8, 4) is 5.88 Å². The van der Waals surface area contributed by atoms with Crippen molar-refractivity contribution >= 4 is 11.7 Å². The highest BCUT2D eigenvalue weighted by Gasteiger charge is 2.24. The molecule has 3 rings (SSSR count). The van der Waals surface area contributed by atoms with Crippen LogP contribution in [0.2, 0.25) is 0 Å². The third-order valence-electron chi connectivity index (χ3n) is 3.89. The molecule has 0 saturated carbocycles. The quantitative estimate of drug-likeness (QED) is 0.923. The van der Waals surface area contributed by atoms with Gasteiger partial charge in [0, 0.05) is 43.9 Å². The van der Waals surface area contributed by atoms with Gasteiger partial charge in [-0.1, -0.05) is 0 Å². The molecular formula is C16H19N5O2. The molecule has 7 nitrogen and oxygen atoms in total. The summed E-state index contributed by atoms with van der Waals surface area (Å²) in [5.74, 6) is 1.17. The van der Waals surface area contributed by atoms with Gasteiger partial charge in [0.2, 0.25) is 0 Å². The lowest BCUT2D eigenvalue weighted by atomic mass is 10.0. The van der Waals surface area contributed by atoms with Crippen LogP contribution in [0.25, 0.3) is 0 Å². The summed E-state index contributed by atoms with van der Waals surface area (Å²) in [6.07, 6.45) is 8.21. The summed E-state index contributed by atoms with van der Waals surface area (Å²) in [6.45, 7) is 1.40. The first-order valence-corrected chi connectivity index (χ1v) is 7.59. The first-order valence-electron chi connectivity index (χ1n) is 7.59. The van der Waals surface area contributed by atoms with Crippen LogP contribution in [0, 0.1) is 0 Å². The predicted octanol–water partition coefficient (Wildman–Crippen LogP) is 1.60. The number of hydrogen-bond donors (Lipinski definition) is 1. The van der Waals surface area contributed by atoms with E-state index in [9.17, 15) is 4.79 Å². The van der Waals surface area contributed by atoms with Crippen LogP contribution < -0.4 is 10.1 Å². The van der Waals surface area contributed by atoms with E-state index >= 15 is 0 Å². The van der Waals surface area contributed by atoms with Crippen LogP contribution in [0.15, 0.2) is 36.9 Å². The Morgan fingerprint density at radius 3 is 2.74 bits per heavy atom. The minimum absolute atomic E-state index is 0.0358. The number of carbonyl (C=O) groups is 1. The zero-order valence-corrected chi connectivity index (χ0v) is 13.0. The molecule has 0 unspecified atom stereocenters. The number of rotatable bonds is 4. The average molecular weight is 313 g/mol. The molecule has 1 aliphatic rings. The molecule has 2 aromatic heterocycles. The van der Waals surface area contributed by atoms with Crippen LogP contribution in [0.5, 0.6) is 5.88 Å². The lowest BCUT2D eigenvalue weighted by Crippen LogP contribution is -2.42. The van der Waals surface area contributed by atoms with Crippen LogP contribution in [0.3, 0.4) is 0 Å². The molecule has 1 amide bonds. The maximum atomic E-state index is 12.4. The molecule has 3 heterocycles. The fourth-order valence-electron chi connectivity index (χ4n) is 2.67. The highest BCUT2D eigenvalue weighted by molar-refractivity contribution is 5.93. The molecule has 23 heavy (non-hydrogen) atoms. The second-order valence-electron chi connectivity index (χ2n) is 5.37. The molecule has 0 aliphatic carbocycles. The second kappa shape index (κ2) is 7.04. The fraction of sp³-hybridized carbons (Fsp3) is 0.375. The number of likely N-dealkylation sites (tertiary alicyclic amines) is 1. The number of nitrogens with zero attached hydrogens (tertiary/aromatic N) is 4. The van der Waals surface area contributed by atoms with Crippen LogP contribution >= 0.6 is 0 Å². The van der Waals surface area contributed by atoms with Gasteiger partial charge in [0.15, 0.2) is 5.82 Å². The van der Waals surface area contributed by atoms with Gasteiger partial charge in [-0.15, -0.1) is 0 Å². The van der Waals surface area contributed by atoms with E-state index in [0.29, 0.717) is 30.4 Å². The van der Waals surface area contributed by atoms with Gasteiger partial charge < -0.3 is 15.0 Å². The summed E-state index contributed by atoms with van der Waals surface area (Å²) >= 11 is 0. The Balaban J connectivity index is 1.57. The van der Waals surface area contributed by atoms with Gasteiger partial charge in [-0.05, 0) is 25.0 Å². The first kappa shape index (κ1) is 15.2. The van der Waals surface area contributed by atoms with Gasteiger partial charge in [0.1, 0.15) is 0 Å². The number of carbonyl (C=O) groups excluding carboxylic acids is 1. The largest absolute Gasteiger partial charge is 0.478 e. The van der Waals surface area contributed by atoms with Crippen molar-refractivity contribution in [2.45, 2.75) is 18.9 Å². The van der Waals surface area contributed by atoms with E-state index in [-0.39, 0.29) is 11.9 Å². The smallest absolute Gasteiger partial charge is 0.257 e. The molecular weight excluding hydrogens is 294 g/mol. The molecule has 1 N–H and O–H groups in total. The monoisotopic (exact) mass is 313 g/mol. The lowest BCUT2D eigenvalue weighted by Gasteiger charge is -2.32. The highest BCUT2D eigenvalue weighted by Crippen LogP contribution is 2.22. The van der Waals surface area contributed by atoms with Gasteiger partial charge in [0.05, 0.1) is 12.7 Å². The Labute approximate surface area is 134 Å². The average Bonchev–Trinajstić information content (AvgIpc) is 2.63. The first-order chi connectivity index (χ1) is 11.3. The van der Waals surface area contributed by atoms with Crippen LogP contribution in [0.4, 0.5) is 5.82 Å². The summed E-state index contributed by atoms with van der Waals surface area (Å²) in [7, 11) is 1.57. The number of ether oxygens (including phenoxy) is 1. The maximum absolute atomic E-state index is 12.4. The summed E-state index contributed by atoms with van der Waals surface area (Å²) < 4.78 is 5.20. The fourth-order valence-corrected chi connectivity index (χ4v) is 2.67. The number of anilines is 1. The van der Waals surface area contributed by atoms with Crippen molar-refractivity contribution < 1.29 is 9.53 Å². The van der Waals surface area contributed by atoms with E-state index in [1.54, 1.807) is 44.0 Å². The van der Waals surface area contributed by atoms with Gasteiger partial charge >= 0.3 is 0 Å². The van der Waals surface area contributed by atoms with Crippen molar-refractivity contribution in [2.24, 2.45) is 0 Å². The van der Waals surface area contributed by atoms with Gasteiger partial charge in [-0.25, -0.2) is 9.97 Å². The standard InChI is InChI=1S/C16H19N5O2/c1-23-15-14(18-7-8-19-15)20-13-4-9-21(10-5-13)16(22)12-3-2-6-17-11-12/h2-3,6-8,11,13H,4-5,9-10H2,1H3,(H,18,20). The van der Waals surface area contributed by atoms with Crippen molar-refractivity contribution in [3.63, 3.8) is 0 Å². The van der Waals surface area contributed by atoms with Gasteiger partial charge in [-0.3, -0.25) is 9.78 Å². The van der Waals surface area contributed by atoms with Gasteiger partial charge in [0.25, 0.3) is 11.8 Å². The molecule has 0 spiro atoms. The Morgan fingerprint density at radius 2 is 2.04 bits per heavy atom. The Hall–Kier alpha value is -2.70. The maximum Gasteiger partial charge on any atom is 0.257 e. The number of nitrogens with one attached hydrogen (secondary N) is 1. The molecule has 7 heteroatoms. The lowest BCUT2D eigenvalue weighted by molar-refractivity contribution is 0.0718. The van der Waals surface area contributed by atoms with Crippen molar-refractivity contribution in [1.82, 2.24) is 19.9 Å². The highest BCUT2D eigenvalue weighted by atomic mass is 16.5. The van der Waals surface area contributed by atoms with Crippen LogP contribution in [0.1, 0.15) is 23.2 Å². The molecule has 1 fully saturated rings. The SMILES string of the molecule is COc1nccnc1NC1CCN(C(=O)c2cccnc2)CC1. The third-order valence-corrected chi connectivity index (χ3v) is 3.89. The third kappa shape index (κ3) is 3.56. The molecule has 1 aliphatic heterocycles. The number of piperidine rings is 1. The summed E-state index contributed by atoms with van der Waals surface area (Å²) in [5, 5.41) is 3.35. The van der Waals surface area contributed by atoms with E-state index < -0.39 is 0 Å². The minimum atomic E-state index is 0.0358. The Bertz CT molecular complexity index is 657. The van der Waals surface area contributed by atoms with Gasteiger partial charge in [-0.2, -0.15) is 0 Å².